The average Bonchev–Trinajstić information content (AvgIpc) is 2.36. The van der Waals surface area contributed by atoms with Gasteiger partial charge in [0.15, 0.2) is 8.96 Å². The molecule has 0 radical (unpaired) electrons. The van der Waals surface area contributed by atoms with Crippen LogP contribution in [0.25, 0.3) is 0 Å². The van der Waals surface area contributed by atoms with E-state index >= 15 is 0 Å². The van der Waals surface area contributed by atoms with E-state index in [1.807, 2.05) is 0 Å². The molecule has 1 aliphatic rings. The van der Waals surface area contributed by atoms with Gasteiger partial charge in [-0.05, 0) is 33.9 Å². The van der Waals surface area contributed by atoms with Gasteiger partial charge < -0.3 is 4.57 Å². The van der Waals surface area contributed by atoms with Crippen LogP contribution in [0, 0.1) is 0 Å². The summed E-state index contributed by atoms with van der Waals surface area (Å²) in [6.45, 7) is 13.7. The molecule has 74 valence electrons. The van der Waals surface area contributed by atoms with Crippen molar-refractivity contribution in [2.45, 2.75) is 34.6 Å². The van der Waals surface area contributed by atoms with Gasteiger partial charge in [-0.25, -0.2) is 0 Å². The van der Waals surface area contributed by atoms with Crippen LogP contribution in [0.5, 0.6) is 0 Å². The summed E-state index contributed by atoms with van der Waals surface area (Å²) in [5.41, 5.74) is 5.59. The Bertz CT molecular complexity index is 249. The normalized spacial score (nSPS) is 22.9. The van der Waals surface area contributed by atoms with Gasteiger partial charge >= 0.3 is 0 Å². The molecule has 0 fully saturated rings. The summed E-state index contributed by atoms with van der Waals surface area (Å²) in [5, 5.41) is 1.67. The number of nitrogens with zero attached hydrogens (tertiary/aromatic N) is 1. The van der Waals surface area contributed by atoms with Crippen LogP contribution in [-0.2, 0) is 0 Å². The van der Waals surface area contributed by atoms with Gasteiger partial charge in [-0.3, -0.25) is 0 Å². The summed E-state index contributed by atoms with van der Waals surface area (Å²) < 4.78 is 2.63. The van der Waals surface area contributed by atoms with Gasteiger partial charge in [0.1, 0.15) is 0 Å². The van der Waals surface area contributed by atoms with E-state index < -0.39 is 8.96 Å². The minimum Gasteiger partial charge on any atom is -0.320 e. The second kappa shape index (κ2) is 4.25. The summed E-state index contributed by atoms with van der Waals surface area (Å²) >= 11 is 0. The maximum atomic E-state index is 2.63. The van der Waals surface area contributed by atoms with Crippen LogP contribution in [0.4, 0.5) is 0 Å². The molecule has 13 heavy (non-hydrogen) atoms. The molecule has 1 nitrogen and oxygen atoms in total. The maximum Gasteiger partial charge on any atom is 0.164 e. The van der Waals surface area contributed by atoms with E-state index in [0.29, 0.717) is 0 Å². The van der Waals surface area contributed by atoms with E-state index in [1.165, 1.54) is 18.7 Å². The highest BCUT2D eigenvalue weighted by Crippen LogP contribution is 2.25. The molecule has 0 spiro atoms. The summed E-state index contributed by atoms with van der Waals surface area (Å²) in [4.78, 5) is 0. The van der Waals surface area contributed by atoms with Gasteiger partial charge in [0.25, 0.3) is 0 Å². The molecule has 0 N–H and O–H groups in total. The highest BCUT2D eigenvalue weighted by Gasteiger charge is 2.24. The van der Waals surface area contributed by atoms with Crippen molar-refractivity contribution in [3.05, 3.63) is 22.0 Å². The molecule has 0 saturated heterocycles. The molecule has 2 heteroatoms. The third-order valence-electron chi connectivity index (χ3n) is 3.24. The van der Waals surface area contributed by atoms with Crippen molar-refractivity contribution in [3.63, 3.8) is 0 Å². The molecule has 0 aliphatic carbocycles. The van der Waals surface area contributed by atoms with Crippen LogP contribution < -0.4 is 0 Å². The highest BCUT2D eigenvalue weighted by atomic mass is 28.3. The Balaban J connectivity index is 2.85. The maximum absolute atomic E-state index is 2.63. The fraction of sp³-hybridized carbons (Fsp3) is 0.636. The number of hydrogen-bond acceptors (Lipinski definition) is 1. The molecular formula is C11H21NSi. The van der Waals surface area contributed by atoms with Gasteiger partial charge in [0, 0.05) is 0 Å². The van der Waals surface area contributed by atoms with Gasteiger partial charge in [0.05, 0.1) is 0 Å². The number of allylic oxidation sites excluding steroid dienone is 3. The van der Waals surface area contributed by atoms with Crippen molar-refractivity contribution in [2.75, 3.05) is 13.1 Å². The summed E-state index contributed by atoms with van der Waals surface area (Å²) in [5.74, 6) is 0. The molecule has 0 bridgehead atoms. The highest BCUT2D eigenvalue weighted by molar-refractivity contribution is 6.70. The van der Waals surface area contributed by atoms with Crippen LogP contribution >= 0.6 is 0 Å². The molecule has 1 heterocycles. The first kappa shape index (κ1) is 10.7. The second-order valence-electron chi connectivity index (χ2n) is 3.82. The van der Waals surface area contributed by atoms with Crippen LogP contribution in [-0.4, -0.2) is 26.6 Å². The standard InChI is InChI=1S/C11H21NSi/c1-6-12(7-2)13-8-9(3)10(4)11(13)5/h8,13H,6-7H2,1-5H3. The SMILES string of the molecule is CCN(CC)[SiH]1C=C(C)C(C)=C1C. The predicted octanol–water partition coefficient (Wildman–Crippen LogP) is 2.43. The first-order valence-corrected chi connectivity index (χ1v) is 6.98. The topological polar surface area (TPSA) is 3.24 Å². The van der Waals surface area contributed by atoms with Crippen LogP contribution in [0.15, 0.2) is 22.0 Å². The van der Waals surface area contributed by atoms with Crippen LogP contribution in [0.3, 0.4) is 0 Å². The first-order valence-electron chi connectivity index (χ1n) is 5.22. The van der Waals surface area contributed by atoms with Crippen molar-refractivity contribution >= 4 is 8.96 Å². The van der Waals surface area contributed by atoms with E-state index in [4.69, 9.17) is 0 Å². The Morgan fingerprint density at radius 1 is 1.15 bits per heavy atom. The fourth-order valence-corrected chi connectivity index (χ4v) is 5.21. The average molecular weight is 195 g/mol. The summed E-state index contributed by atoms with van der Waals surface area (Å²) in [6, 6.07) is 0. The zero-order valence-electron chi connectivity index (χ0n) is 9.52. The van der Waals surface area contributed by atoms with E-state index in [2.05, 4.69) is 44.9 Å². The molecule has 1 atom stereocenters. The Hall–Kier alpha value is -0.343. The fourth-order valence-electron chi connectivity index (χ4n) is 2.02. The first-order chi connectivity index (χ1) is 6.11. The van der Waals surface area contributed by atoms with E-state index in [9.17, 15) is 0 Å². The lowest BCUT2D eigenvalue weighted by atomic mass is 10.1. The quantitative estimate of drug-likeness (QED) is 0.625. The lowest BCUT2D eigenvalue weighted by Gasteiger charge is -2.24. The Morgan fingerprint density at radius 2 is 1.69 bits per heavy atom. The Kier molecular flexibility index (Phi) is 3.51. The van der Waals surface area contributed by atoms with Crippen LogP contribution in [0.1, 0.15) is 34.6 Å². The van der Waals surface area contributed by atoms with Crippen LogP contribution in [0.2, 0.25) is 0 Å². The number of rotatable bonds is 3. The molecule has 0 aromatic heterocycles. The summed E-state index contributed by atoms with van der Waals surface area (Å²) in [7, 11) is -0.855. The molecule has 1 unspecified atom stereocenters. The lowest BCUT2D eigenvalue weighted by Crippen LogP contribution is -2.38. The van der Waals surface area contributed by atoms with Gasteiger partial charge in [-0.1, -0.05) is 35.9 Å². The minimum atomic E-state index is -0.855. The molecule has 0 amide bonds. The minimum absolute atomic E-state index is 0.855. The van der Waals surface area contributed by atoms with Crippen molar-refractivity contribution in [1.29, 1.82) is 0 Å². The Morgan fingerprint density at radius 3 is 2.00 bits per heavy atom. The van der Waals surface area contributed by atoms with Crippen molar-refractivity contribution in [2.24, 2.45) is 0 Å². The van der Waals surface area contributed by atoms with Gasteiger partial charge in [-0.15, -0.1) is 0 Å². The molecule has 0 aromatic carbocycles. The van der Waals surface area contributed by atoms with Gasteiger partial charge in [0.2, 0.25) is 0 Å². The monoisotopic (exact) mass is 195 g/mol. The second-order valence-corrected chi connectivity index (χ2v) is 6.64. The van der Waals surface area contributed by atoms with Crippen molar-refractivity contribution < 1.29 is 0 Å². The number of hydrogen-bond donors (Lipinski definition) is 0. The predicted molar refractivity (Wildman–Crippen MR) is 62.2 cm³/mol. The third kappa shape index (κ3) is 1.94. The largest absolute Gasteiger partial charge is 0.320 e. The van der Waals surface area contributed by atoms with Crippen molar-refractivity contribution in [1.82, 2.24) is 4.57 Å². The smallest absolute Gasteiger partial charge is 0.164 e. The van der Waals surface area contributed by atoms with E-state index in [0.717, 1.165) is 0 Å². The molecule has 0 aromatic rings. The molecule has 1 rings (SSSR count). The summed E-state index contributed by atoms with van der Waals surface area (Å²) in [6.07, 6.45) is 0. The van der Waals surface area contributed by atoms with Crippen molar-refractivity contribution in [3.8, 4) is 0 Å². The molecule has 1 aliphatic heterocycles. The third-order valence-corrected chi connectivity index (χ3v) is 6.89. The zero-order chi connectivity index (χ0) is 10.0. The zero-order valence-corrected chi connectivity index (χ0v) is 10.7. The van der Waals surface area contributed by atoms with E-state index in [1.54, 1.807) is 10.8 Å². The molecule has 0 saturated carbocycles. The van der Waals surface area contributed by atoms with E-state index in [-0.39, 0.29) is 0 Å². The Labute approximate surface area is 83.8 Å². The van der Waals surface area contributed by atoms with Gasteiger partial charge in [-0.2, -0.15) is 0 Å². The lowest BCUT2D eigenvalue weighted by molar-refractivity contribution is 0.488. The molecular weight excluding hydrogens is 174 g/mol.